The first kappa shape index (κ1) is 16.3. The molecular formula is C20H25N3O2. The molecule has 1 N–H and O–H groups in total. The molecule has 1 aliphatic heterocycles. The summed E-state index contributed by atoms with van der Waals surface area (Å²) < 4.78 is 5.20. The van der Waals surface area contributed by atoms with Crippen LogP contribution in [0.4, 0.5) is 0 Å². The predicted octanol–water partition coefficient (Wildman–Crippen LogP) is 3.41. The number of hydrogen-bond acceptors (Lipinski definition) is 3. The first-order valence-corrected chi connectivity index (χ1v) is 9.26. The van der Waals surface area contributed by atoms with Gasteiger partial charge in [-0.1, -0.05) is 18.2 Å². The lowest BCUT2D eigenvalue weighted by molar-refractivity contribution is 0.0632. The third-order valence-corrected chi connectivity index (χ3v) is 5.32. The van der Waals surface area contributed by atoms with Gasteiger partial charge in [-0.25, -0.2) is 0 Å². The lowest BCUT2D eigenvalue weighted by Gasteiger charge is -2.36. The van der Waals surface area contributed by atoms with Crippen LogP contribution in [0.1, 0.15) is 43.1 Å². The van der Waals surface area contributed by atoms with Crippen LogP contribution in [0.3, 0.4) is 0 Å². The maximum atomic E-state index is 13.1. The van der Waals surface area contributed by atoms with Crippen molar-refractivity contribution in [2.45, 2.75) is 44.7 Å². The maximum Gasteiger partial charge on any atom is 0.270 e. The number of aromatic amines is 1. The Morgan fingerprint density at radius 1 is 1.32 bits per heavy atom. The number of aromatic nitrogens is 1. The molecule has 132 valence electrons. The van der Waals surface area contributed by atoms with Crippen LogP contribution >= 0.6 is 0 Å². The average molecular weight is 339 g/mol. The maximum absolute atomic E-state index is 13.1. The molecule has 0 bridgehead atoms. The fourth-order valence-corrected chi connectivity index (χ4v) is 3.98. The normalized spacial score (nSPS) is 23.3. The van der Waals surface area contributed by atoms with Gasteiger partial charge in [0.25, 0.3) is 5.91 Å². The zero-order valence-corrected chi connectivity index (χ0v) is 14.7. The molecule has 1 saturated heterocycles. The van der Waals surface area contributed by atoms with Gasteiger partial charge in [-0.05, 0) is 44.7 Å². The van der Waals surface area contributed by atoms with E-state index >= 15 is 0 Å². The Balaban J connectivity index is 1.51. The van der Waals surface area contributed by atoms with E-state index in [0.717, 1.165) is 43.1 Å². The minimum absolute atomic E-state index is 0.101. The summed E-state index contributed by atoms with van der Waals surface area (Å²) in [5.74, 6) is 0.101. The number of amides is 1. The van der Waals surface area contributed by atoms with Crippen LogP contribution in [0.5, 0.6) is 0 Å². The molecule has 2 fully saturated rings. The van der Waals surface area contributed by atoms with Gasteiger partial charge in [0.2, 0.25) is 0 Å². The lowest BCUT2D eigenvalue weighted by Crippen LogP contribution is -2.44. The van der Waals surface area contributed by atoms with Crippen LogP contribution in [0, 0.1) is 0 Å². The van der Waals surface area contributed by atoms with Gasteiger partial charge in [0.15, 0.2) is 0 Å². The van der Waals surface area contributed by atoms with Crippen LogP contribution < -0.4 is 0 Å². The fraction of sp³-hybridized carbons (Fsp3) is 0.500. The minimum atomic E-state index is 0.101. The molecule has 1 aromatic heterocycles. The number of hydrogen-bond donors (Lipinski definition) is 1. The van der Waals surface area contributed by atoms with Gasteiger partial charge in [0.1, 0.15) is 5.69 Å². The quantitative estimate of drug-likeness (QED) is 0.928. The summed E-state index contributed by atoms with van der Waals surface area (Å²) >= 11 is 0. The van der Waals surface area contributed by atoms with E-state index in [1.807, 2.05) is 35.2 Å². The number of para-hydroxylation sites is 1. The summed E-state index contributed by atoms with van der Waals surface area (Å²) in [6.45, 7) is 4.17. The molecule has 1 aromatic carbocycles. The average Bonchev–Trinajstić information content (AvgIpc) is 3.03. The van der Waals surface area contributed by atoms with Crippen molar-refractivity contribution >= 4 is 22.5 Å². The smallest absolute Gasteiger partial charge is 0.270 e. The van der Waals surface area contributed by atoms with Crippen LogP contribution in [-0.2, 0) is 4.74 Å². The van der Waals surface area contributed by atoms with E-state index in [2.05, 4.69) is 11.9 Å². The highest BCUT2D eigenvalue weighted by molar-refractivity contribution is 5.98. The zero-order valence-electron chi connectivity index (χ0n) is 14.7. The molecule has 2 heterocycles. The number of rotatable bonds is 4. The summed E-state index contributed by atoms with van der Waals surface area (Å²) in [6, 6.07) is 10.6. The number of aliphatic imine (C=N–C) groups is 1. The van der Waals surface area contributed by atoms with E-state index in [4.69, 9.17) is 9.73 Å². The van der Waals surface area contributed by atoms with Crippen LogP contribution in [0.15, 0.2) is 35.3 Å². The van der Waals surface area contributed by atoms with E-state index in [1.165, 1.54) is 5.71 Å². The van der Waals surface area contributed by atoms with E-state index in [-0.39, 0.29) is 11.9 Å². The Hall–Kier alpha value is -2.14. The number of H-pyrrole nitrogens is 1. The number of fused-ring (bicyclic) bond motifs is 1. The number of ether oxygens (including phenoxy) is 1. The van der Waals surface area contributed by atoms with Crippen molar-refractivity contribution in [1.29, 1.82) is 0 Å². The van der Waals surface area contributed by atoms with Gasteiger partial charge < -0.3 is 14.6 Å². The molecule has 1 aliphatic carbocycles. The van der Waals surface area contributed by atoms with Crippen molar-refractivity contribution in [2.75, 3.05) is 19.8 Å². The van der Waals surface area contributed by atoms with Crippen molar-refractivity contribution < 1.29 is 9.53 Å². The van der Waals surface area contributed by atoms with Gasteiger partial charge in [0.05, 0.1) is 25.0 Å². The van der Waals surface area contributed by atoms with Gasteiger partial charge in [-0.2, -0.15) is 0 Å². The third-order valence-electron chi connectivity index (χ3n) is 5.32. The number of benzene rings is 1. The summed E-state index contributed by atoms with van der Waals surface area (Å²) in [5.41, 5.74) is 2.87. The molecule has 5 nitrogen and oxygen atoms in total. The van der Waals surface area contributed by atoms with Crippen LogP contribution in [0.2, 0.25) is 0 Å². The molecule has 1 amide bonds. The summed E-state index contributed by atoms with van der Waals surface area (Å²) in [7, 11) is 0. The van der Waals surface area contributed by atoms with E-state index in [1.54, 1.807) is 0 Å². The number of carbonyl (C=O) groups excluding carboxylic acids is 1. The Kier molecular flexibility index (Phi) is 4.57. The first-order chi connectivity index (χ1) is 12.2. The monoisotopic (exact) mass is 339 g/mol. The molecule has 1 saturated carbocycles. The second-order valence-electron chi connectivity index (χ2n) is 7.02. The first-order valence-electron chi connectivity index (χ1n) is 9.26. The Labute approximate surface area is 148 Å². The highest BCUT2D eigenvalue weighted by Gasteiger charge is 2.30. The summed E-state index contributed by atoms with van der Waals surface area (Å²) in [5, 5.41) is 1.08. The molecule has 0 unspecified atom stereocenters. The van der Waals surface area contributed by atoms with Crippen molar-refractivity contribution in [2.24, 2.45) is 4.99 Å². The Bertz CT molecular complexity index is 756. The topological polar surface area (TPSA) is 57.7 Å². The number of nitrogens with one attached hydrogen (secondary N) is 1. The lowest BCUT2D eigenvalue weighted by atomic mass is 9.90. The summed E-state index contributed by atoms with van der Waals surface area (Å²) in [6.07, 6.45) is 4.28. The van der Waals surface area contributed by atoms with Gasteiger partial charge in [0, 0.05) is 23.5 Å². The zero-order chi connectivity index (χ0) is 17.2. The van der Waals surface area contributed by atoms with Gasteiger partial charge >= 0.3 is 0 Å². The van der Waals surface area contributed by atoms with Crippen LogP contribution in [-0.4, -0.2) is 53.3 Å². The number of nitrogens with zero attached hydrogens (tertiary/aromatic N) is 2. The molecule has 5 heteroatoms. The van der Waals surface area contributed by atoms with E-state index in [0.29, 0.717) is 24.9 Å². The summed E-state index contributed by atoms with van der Waals surface area (Å²) in [4.78, 5) is 23.2. The van der Waals surface area contributed by atoms with Crippen molar-refractivity contribution in [3.05, 3.63) is 36.0 Å². The fourth-order valence-electron chi connectivity index (χ4n) is 3.98. The second kappa shape index (κ2) is 7.00. The molecule has 4 rings (SSSR count). The predicted molar refractivity (Wildman–Crippen MR) is 99.3 cm³/mol. The van der Waals surface area contributed by atoms with Gasteiger partial charge in [-0.3, -0.25) is 9.79 Å². The largest absolute Gasteiger partial charge is 0.369 e. The molecule has 2 atom stereocenters. The Morgan fingerprint density at radius 2 is 2.16 bits per heavy atom. The Morgan fingerprint density at radius 3 is 2.88 bits per heavy atom. The minimum Gasteiger partial charge on any atom is -0.369 e. The molecule has 0 spiro atoms. The van der Waals surface area contributed by atoms with Crippen molar-refractivity contribution in [3.8, 4) is 0 Å². The molecule has 2 aliphatic rings. The second-order valence-corrected chi connectivity index (χ2v) is 7.02. The standard InChI is InChI=1S/C20H25N3O2/c1-2-23(17-8-5-7-15(11-17)21-16-12-25-13-16)20(24)19-10-14-6-3-4-9-18(14)22-19/h3-4,6,9-10,15,17,22H,2,5,7-8,11-13H2,1H3/t15-,17+/m1/s1. The highest BCUT2D eigenvalue weighted by atomic mass is 16.5. The SMILES string of the molecule is CCN(C(=O)c1cc2ccccc2[nH]1)[C@H]1CCC[C@@H](N=C2COC2)C1. The molecular weight excluding hydrogens is 314 g/mol. The van der Waals surface area contributed by atoms with Gasteiger partial charge in [-0.15, -0.1) is 0 Å². The molecule has 0 radical (unpaired) electrons. The van der Waals surface area contributed by atoms with Crippen molar-refractivity contribution in [3.63, 3.8) is 0 Å². The van der Waals surface area contributed by atoms with E-state index in [9.17, 15) is 4.79 Å². The highest BCUT2D eigenvalue weighted by Crippen LogP contribution is 2.27. The molecule has 25 heavy (non-hydrogen) atoms. The van der Waals surface area contributed by atoms with E-state index < -0.39 is 0 Å². The molecule has 2 aromatic rings. The van der Waals surface area contributed by atoms with Crippen molar-refractivity contribution in [1.82, 2.24) is 9.88 Å². The third kappa shape index (κ3) is 3.33. The van der Waals surface area contributed by atoms with Crippen LogP contribution in [0.25, 0.3) is 10.9 Å². The number of carbonyl (C=O) groups is 1.